The van der Waals surface area contributed by atoms with Crippen molar-refractivity contribution >= 4 is 23.2 Å². The summed E-state index contributed by atoms with van der Waals surface area (Å²) >= 11 is 5.57. The zero-order chi connectivity index (χ0) is 12.3. The van der Waals surface area contributed by atoms with E-state index in [1.54, 1.807) is 19.2 Å². The number of hydrogen-bond donors (Lipinski definition) is 2. The van der Waals surface area contributed by atoms with Crippen molar-refractivity contribution in [3.63, 3.8) is 0 Å². The number of anilines is 2. The van der Waals surface area contributed by atoms with Crippen LogP contribution < -0.4 is 15.6 Å². The van der Waals surface area contributed by atoms with Gasteiger partial charge >= 0.3 is 0 Å². The first-order chi connectivity index (χ1) is 8.19. The molecule has 1 aromatic heterocycles. The molecule has 2 aromatic rings. The minimum Gasteiger partial charge on any atom is -0.497 e. The van der Waals surface area contributed by atoms with E-state index in [-0.39, 0.29) is 10.6 Å². The molecule has 0 aliphatic rings. The van der Waals surface area contributed by atoms with Crippen molar-refractivity contribution in [3.05, 3.63) is 45.8 Å². The summed E-state index contributed by atoms with van der Waals surface area (Å²) in [6, 6.07) is 7.23. The molecule has 0 unspecified atom stereocenters. The quantitative estimate of drug-likeness (QED) is 0.877. The van der Waals surface area contributed by atoms with E-state index in [2.05, 4.69) is 15.3 Å². The first-order valence-corrected chi connectivity index (χ1v) is 5.23. The Morgan fingerprint density at radius 2 is 2.06 bits per heavy atom. The molecule has 1 heterocycles. The highest BCUT2D eigenvalue weighted by molar-refractivity contribution is 6.30. The minimum atomic E-state index is -0.377. The van der Waals surface area contributed by atoms with Gasteiger partial charge in [0.1, 0.15) is 10.8 Å². The molecule has 0 aliphatic heterocycles. The van der Waals surface area contributed by atoms with Gasteiger partial charge in [-0.1, -0.05) is 11.6 Å². The molecule has 1 aromatic carbocycles. The Morgan fingerprint density at radius 1 is 1.35 bits per heavy atom. The molecule has 5 nitrogen and oxygen atoms in total. The maximum atomic E-state index is 11.2. The second kappa shape index (κ2) is 4.88. The molecule has 0 aliphatic carbocycles. The molecule has 2 rings (SSSR count). The number of benzene rings is 1. The maximum Gasteiger partial charge on any atom is 0.271 e. The van der Waals surface area contributed by atoms with E-state index in [0.29, 0.717) is 5.95 Å². The summed E-state index contributed by atoms with van der Waals surface area (Å²) in [6.45, 7) is 0. The van der Waals surface area contributed by atoms with Gasteiger partial charge in [0.15, 0.2) is 0 Å². The maximum absolute atomic E-state index is 11.2. The molecular formula is C11H10ClN3O2. The van der Waals surface area contributed by atoms with Crippen molar-refractivity contribution in [3.8, 4) is 5.75 Å². The average molecular weight is 252 g/mol. The summed E-state index contributed by atoms with van der Waals surface area (Å²) in [5.41, 5.74) is 0.411. The third-order valence-corrected chi connectivity index (χ3v) is 2.38. The van der Waals surface area contributed by atoms with Crippen molar-refractivity contribution in [1.82, 2.24) is 9.97 Å². The first kappa shape index (κ1) is 11.5. The van der Waals surface area contributed by atoms with Crippen LogP contribution in [0.4, 0.5) is 11.6 Å². The number of H-pyrrole nitrogens is 1. The lowest BCUT2D eigenvalue weighted by Gasteiger charge is -2.05. The van der Waals surface area contributed by atoms with E-state index in [9.17, 15) is 4.79 Å². The predicted octanol–water partition coefficient (Wildman–Crippen LogP) is 2.18. The number of aromatic amines is 1. The fourth-order valence-electron chi connectivity index (χ4n) is 1.25. The lowest BCUT2D eigenvalue weighted by atomic mass is 10.3. The third-order valence-electron chi connectivity index (χ3n) is 2.11. The summed E-state index contributed by atoms with van der Waals surface area (Å²) in [5, 5.41) is 3.00. The number of aromatic nitrogens is 2. The topological polar surface area (TPSA) is 67.0 Å². The van der Waals surface area contributed by atoms with E-state index >= 15 is 0 Å². The molecule has 0 fully saturated rings. The molecule has 17 heavy (non-hydrogen) atoms. The molecule has 0 atom stereocenters. The predicted molar refractivity (Wildman–Crippen MR) is 66.1 cm³/mol. The molecule has 2 N–H and O–H groups in total. The zero-order valence-corrected chi connectivity index (χ0v) is 9.78. The van der Waals surface area contributed by atoms with Crippen LogP contribution >= 0.6 is 11.6 Å². The second-order valence-corrected chi connectivity index (χ2v) is 3.67. The van der Waals surface area contributed by atoms with Gasteiger partial charge < -0.3 is 10.1 Å². The fraction of sp³-hybridized carbons (Fsp3) is 0.0909. The normalized spacial score (nSPS) is 10.0. The van der Waals surface area contributed by atoms with Crippen molar-refractivity contribution < 1.29 is 4.74 Å². The molecule has 0 spiro atoms. The molecule has 0 saturated carbocycles. The lowest BCUT2D eigenvalue weighted by Crippen LogP contribution is -2.10. The zero-order valence-electron chi connectivity index (χ0n) is 9.03. The Balaban J connectivity index is 2.19. The van der Waals surface area contributed by atoms with Crippen LogP contribution in [0.2, 0.25) is 5.02 Å². The number of halogens is 1. The molecule has 0 bridgehead atoms. The van der Waals surface area contributed by atoms with E-state index in [4.69, 9.17) is 16.3 Å². The van der Waals surface area contributed by atoms with Gasteiger partial charge in [0.2, 0.25) is 5.95 Å². The largest absolute Gasteiger partial charge is 0.497 e. The van der Waals surface area contributed by atoms with Gasteiger partial charge in [0.05, 0.1) is 13.3 Å². The summed E-state index contributed by atoms with van der Waals surface area (Å²) in [7, 11) is 1.60. The van der Waals surface area contributed by atoms with Gasteiger partial charge in [-0.3, -0.25) is 9.78 Å². The van der Waals surface area contributed by atoms with Crippen LogP contribution in [0.1, 0.15) is 0 Å². The number of nitrogens with zero attached hydrogens (tertiary/aromatic N) is 1. The smallest absolute Gasteiger partial charge is 0.271 e. The average Bonchev–Trinajstić information content (AvgIpc) is 2.35. The Kier molecular flexibility index (Phi) is 3.30. The van der Waals surface area contributed by atoms with Crippen molar-refractivity contribution in [1.29, 1.82) is 0 Å². The second-order valence-electron chi connectivity index (χ2n) is 3.26. The SMILES string of the molecule is COc1ccc(Nc2ncc(Cl)c(=O)[nH]2)cc1. The van der Waals surface area contributed by atoms with Crippen LogP contribution in [-0.4, -0.2) is 17.1 Å². The van der Waals surface area contributed by atoms with Crippen LogP contribution in [0, 0.1) is 0 Å². The van der Waals surface area contributed by atoms with Gasteiger partial charge in [-0.15, -0.1) is 0 Å². The van der Waals surface area contributed by atoms with Crippen LogP contribution in [-0.2, 0) is 0 Å². The Morgan fingerprint density at radius 3 is 2.65 bits per heavy atom. The number of hydrogen-bond acceptors (Lipinski definition) is 4. The Bertz CT molecular complexity index is 566. The van der Waals surface area contributed by atoms with E-state index in [1.165, 1.54) is 6.20 Å². The van der Waals surface area contributed by atoms with Gasteiger partial charge in [0, 0.05) is 5.69 Å². The van der Waals surface area contributed by atoms with E-state index < -0.39 is 0 Å². The monoisotopic (exact) mass is 251 g/mol. The highest BCUT2D eigenvalue weighted by Gasteiger charge is 2.00. The molecule has 6 heteroatoms. The summed E-state index contributed by atoms with van der Waals surface area (Å²) in [5.74, 6) is 1.10. The summed E-state index contributed by atoms with van der Waals surface area (Å²) < 4.78 is 5.04. The molecular weight excluding hydrogens is 242 g/mol. The van der Waals surface area contributed by atoms with Gasteiger partial charge in [-0.25, -0.2) is 4.98 Å². The van der Waals surface area contributed by atoms with Crippen LogP contribution in [0.3, 0.4) is 0 Å². The summed E-state index contributed by atoms with van der Waals surface area (Å²) in [6.07, 6.45) is 1.30. The van der Waals surface area contributed by atoms with E-state index in [0.717, 1.165) is 11.4 Å². The van der Waals surface area contributed by atoms with Gasteiger partial charge in [-0.2, -0.15) is 0 Å². The van der Waals surface area contributed by atoms with Crippen LogP contribution in [0.15, 0.2) is 35.3 Å². The van der Waals surface area contributed by atoms with E-state index in [1.807, 2.05) is 12.1 Å². The standard InChI is InChI=1S/C11H10ClN3O2/c1-17-8-4-2-7(3-5-8)14-11-13-6-9(12)10(16)15-11/h2-6H,1H3,(H2,13,14,15,16). The molecule has 0 saturated heterocycles. The minimum absolute atomic E-state index is 0.0604. The molecule has 0 radical (unpaired) electrons. The number of ether oxygens (including phenoxy) is 1. The van der Waals surface area contributed by atoms with Crippen molar-refractivity contribution in [2.24, 2.45) is 0 Å². The highest BCUT2D eigenvalue weighted by atomic mass is 35.5. The fourth-order valence-corrected chi connectivity index (χ4v) is 1.35. The highest BCUT2D eigenvalue weighted by Crippen LogP contribution is 2.17. The number of nitrogens with one attached hydrogen (secondary N) is 2. The van der Waals surface area contributed by atoms with Gasteiger partial charge in [0.25, 0.3) is 5.56 Å². The van der Waals surface area contributed by atoms with Crippen molar-refractivity contribution in [2.75, 3.05) is 12.4 Å². The molecule has 0 amide bonds. The van der Waals surface area contributed by atoms with Crippen LogP contribution in [0.5, 0.6) is 5.75 Å². The first-order valence-electron chi connectivity index (χ1n) is 4.85. The number of methoxy groups -OCH3 is 1. The van der Waals surface area contributed by atoms with Gasteiger partial charge in [-0.05, 0) is 24.3 Å². The lowest BCUT2D eigenvalue weighted by molar-refractivity contribution is 0.415. The number of rotatable bonds is 3. The Hall–Kier alpha value is -2.01. The van der Waals surface area contributed by atoms with Crippen molar-refractivity contribution in [2.45, 2.75) is 0 Å². The van der Waals surface area contributed by atoms with Crippen LogP contribution in [0.25, 0.3) is 0 Å². The third kappa shape index (κ3) is 2.76. The summed E-state index contributed by atoms with van der Waals surface area (Å²) in [4.78, 5) is 17.7. The molecule has 88 valence electrons. The Labute approximate surface area is 102 Å².